The molecule has 0 bridgehead atoms. The Balaban J connectivity index is 0.00000341. The molecule has 0 saturated carbocycles. The molecule has 2 aromatic rings. The molecule has 0 radical (unpaired) electrons. The van der Waals surface area contributed by atoms with Crippen molar-refractivity contribution in [2.24, 2.45) is 10.9 Å². The van der Waals surface area contributed by atoms with Gasteiger partial charge in [0.15, 0.2) is 5.96 Å². The predicted molar refractivity (Wildman–Crippen MR) is 136 cm³/mol. The zero-order chi connectivity index (χ0) is 21.3. The molecule has 0 spiro atoms. The van der Waals surface area contributed by atoms with Crippen LogP contribution in [-0.2, 0) is 11.3 Å². The standard InChI is InChI=1S/C24H32N4O2.HI/c1-18-8-4-6-10-21(18)30-22-11-7-5-9-20(22)17-27-24(26-3)28-14-12-19(13-15-28)16-23(29)25-2;/h4-11,19H,12-17H2,1-3H3,(H,25,29)(H,26,27);1H. The molecule has 1 aliphatic heterocycles. The Morgan fingerprint density at radius 1 is 1.10 bits per heavy atom. The van der Waals surface area contributed by atoms with E-state index >= 15 is 0 Å². The van der Waals surface area contributed by atoms with Crippen molar-refractivity contribution in [1.29, 1.82) is 0 Å². The molecule has 1 aliphatic rings. The Labute approximate surface area is 202 Å². The zero-order valence-corrected chi connectivity index (χ0v) is 20.9. The number of benzene rings is 2. The maximum Gasteiger partial charge on any atom is 0.220 e. The number of piperidine rings is 1. The summed E-state index contributed by atoms with van der Waals surface area (Å²) in [6.07, 6.45) is 2.61. The number of nitrogens with zero attached hydrogens (tertiary/aromatic N) is 2. The molecular weight excluding hydrogens is 503 g/mol. The second-order valence-electron chi connectivity index (χ2n) is 7.68. The van der Waals surface area contributed by atoms with Gasteiger partial charge in [0.05, 0.1) is 0 Å². The van der Waals surface area contributed by atoms with Crippen LogP contribution >= 0.6 is 24.0 Å². The van der Waals surface area contributed by atoms with E-state index in [1.807, 2.05) is 56.4 Å². The molecule has 6 nitrogen and oxygen atoms in total. The molecule has 168 valence electrons. The van der Waals surface area contributed by atoms with Crippen molar-refractivity contribution in [3.63, 3.8) is 0 Å². The van der Waals surface area contributed by atoms with Gasteiger partial charge in [-0.1, -0.05) is 36.4 Å². The van der Waals surface area contributed by atoms with Crippen LogP contribution in [0.5, 0.6) is 11.5 Å². The van der Waals surface area contributed by atoms with Crippen molar-refractivity contribution >= 4 is 35.8 Å². The molecule has 0 atom stereocenters. The number of rotatable bonds is 6. The minimum atomic E-state index is 0. The second-order valence-corrected chi connectivity index (χ2v) is 7.68. The number of hydrogen-bond donors (Lipinski definition) is 2. The van der Waals surface area contributed by atoms with Crippen LogP contribution in [0.15, 0.2) is 53.5 Å². The lowest BCUT2D eigenvalue weighted by Crippen LogP contribution is -2.45. The highest BCUT2D eigenvalue weighted by Gasteiger charge is 2.23. The summed E-state index contributed by atoms with van der Waals surface area (Å²) in [5.41, 5.74) is 2.19. The number of carbonyl (C=O) groups excluding carboxylic acids is 1. The number of ether oxygens (including phenoxy) is 1. The van der Waals surface area contributed by atoms with Gasteiger partial charge < -0.3 is 20.3 Å². The van der Waals surface area contributed by atoms with Gasteiger partial charge in [0, 0.05) is 45.7 Å². The molecule has 2 aromatic carbocycles. The van der Waals surface area contributed by atoms with E-state index in [9.17, 15) is 4.79 Å². The lowest BCUT2D eigenvalue weighted by atomic mass is 9.93. The molecule has 0 aliphatic carbocycles. The average Bonchev–Trinajstić information content (AvgIpc) is 2.77. The molecule has 1 saturated heterocycles. The molecule has 2 N–H and O–H groups in total. The summed E-state index contributed by atoms with van der Waals surface area (Å²) in [5.74, 6) is 3.18. The van der Waals surface area contributed by atoms with Crippen LogP contribution in [0.25, 0.3) is 0 Å². The van der Waals surface area contributed by atoms with Gasteiger partial charge in [0.1, 0.15) is 11.5 Å². The Morgan fingerprint density at radius 3 is 2.39 bits per heavy atom. The Kier molecular flexibility index (Phi) is 10.1. The fourth-order valence-electron chi connectivity index (χ4n) is 3.76. The topological polar surface area (TPSA) is 66.0 Å². The molecule has 0 unspecified atom stereocenters. The molecule has 31 heavy (non-hydrogen) atoms. The van der Waals surface area contributed by atoms with Crippen LogP contribution in [-0.4, -0.2) is 44.0 Å². The quantitative estimate of drug-likeness (QED) is 0.328. The number of guanidine groups is 1. The lowest BCUT2D eigenvalue weighted by molar-refractivity contribution is -0.121. The van der Waals surface area contributed by atoms with Crippen LogP contribution in [0, 0.1) is 12.8 Å². The van der Waals surface area contributed by atoms with Crippen molar-refractivity contribution in [2.45, 2.75) is 32.7 Å². The first-order chi connectivity index (χ1) is 14.6. The first-order valence-corrected chi connectivity index (χ1v) is 10.6. The summed E-state index contributed by atoms with van der Waals surface area (Å²) >= 11 is 0. The van der Waals surface area contributed by atoms with Gasteiger partial charge in [-0.05, 0) is 43.4 Å². The number of aliphatic imine (C=N–C) groups is 1. The minimum Gasteiger partial charge on any atom is -0.457 e. The fraction of sp³-hybridized carbons (Fsp3) is 0.417. The van der Waals surface area contributed by atoms with E-state index < -0.39 is 0 Å². The molecule has 3 rings (SSSR count). The fourth-order valence-corrected chi connectivity index (χ4v) is 3.76. The molecule has 1 amide bonds. The summed E-state index contributed by atoms with van der Waals surface area (Å²) < 4.78 is 6.18. The molecule has 1 fully saturated rings. The zero-order valence-electron chi connectivity index (χ0n) is 18.6. The summed E-state index contributed by atoms with van der Waals surface area (Å²) in [6.45, 7) is 4.49. The van der Waals surface area contributed by atoms with E-state index in [-0.39, 0.29) is 29.9 Å². The first kappa shape index (κ1) is 25.0. The number of halogens is 1. The summed E-state index contributed by atoms with van der Waals surface area (Å²) in [4.78, 5) is 18.4. The van der Waals surface area contributed by atoms with Crippen molar-refractivity contribution in [3.8, 4) is 11.5 Å². The van der Waals surface area contributed by atoms with Gasteiger partial charge >= 0.3 is 0 Å². The summed E-state index contributed by atoms with van der Waals surface area (Å²) in [6, 6.07) is 16.1. The van der Waals surface area contributed by atoms with Crippen molar-refractivity contribution in [1.82, 2.24) is 15.5 Å². The minimum absolute atomic E-state index is 0. The highest BCUT2D eigenvalue weighted by atomic mass is 127. The van der Waals surface area contributed by atoms with Crippen LogP contribution in [0.2, 0.25) is 0 Å². The number of hydrogen-bond acceptors (Lipinski definition) is 3. The highest BCUT2D eigenvalue weighted by molar-refractivity contribution is 14.0. The van der Waals surface area contributed by atoms with Gasteiger partial charge in [0.2, 0.25) is 5.91 Å². The molecular formula is C24H33IN4O2. The Morgan fingerprint density at radius 2 is 1.74 bits per heavy atom. The second kappa shape index (κ2) is 12.5. The van der Waals surface area contributed by atoms with Gasteiger partial charge in [0.25, 0.3) is 0 Å². The SMILES string of the molecule is CN=C(NCc1ccccc1Oc1ccccc1C)N1CCC(CC(=O)NC)CC1.I. The normalized spacial score (nSPS) is 14.5. The third-order valence-electron chi connectivity index (χ3n) is 5.60. The van der Waals surface area contributed by atoms with E-state index in [2.05, 4.69) is 26.6 Å². The van der Waals surface area contributed by atoms with Crippen LogP contribution in [0.4, 0.5) is 0 Å². The average molecular weight is 536 g/mol. The number of para-hydroxylation sites is 2. The van der Waals surface area contributed by atoms with E-state index in [0.29, 0.717) is 18.9 Å². The molecule has 1 heterocycles. The maximum absolute atomic E-state index is 11.6. The predicted octanol–water partition coefficient (Wildman–Crippen LogP) is 4.33. The Bertz CT molecular complexity index is 879. The lowest BCUT2D eigenvalue weighted by Gasteiger charge is -2.34. The first-order valence-electron chi connectivity index (χ1n) is 10.6. The van der Waals surface area contributed by atoms with E-state index in [4.69, 9.17) is 4.74 Å². The van der Waals surface area contributed by atoms with Crippen LogP contribution < -0.4 is 15.4 Å². The van der Waals surface area contributed by atoms with Crippen LogP contribution in [0.1, 0.15) is 30.4 Å². The monoisotopic (exact) mass is 536 g/mol. The number of aryl methyl sites for hydroxylation is 1. The number of carbonyl (C=O) groups is 1. The molecule has 7 heteroatoms. The van der Waals surface area contributed by atoms with Gasteiger partial charge in [-0.25, -0.2) is 0 Å². The summed E-state index contributed by atoms with van der Waals surface area (Å²) in [5, 5.41) is 6.20. The molecule has 0 aromatic heterocycles. The number of amides is 1. The number of likely N-dealkylation sites (tertiary alicyclic amines) is 1. The van der Waals surface area contributed by atoms with Gasteiger partial charge in [-0.3, -0.25) is 9.79 Å². The third-order valence-corrected chi connectivity index (χ3v) is 5.60. The van der Waals surface area contributed by atoms with E-state index in [0.717, 1.165) is 54.5 Å². The smallest absolute Gasteiger partial charge is 0.220 e. The largest absolute Gasteiger partial charge is 0.457 e. The van der Waals surface area contributed by atoms with E-state index in [1.165, 1.54) is 0 Å². The highest BCUT2D eigenvalue weighted by Crippen LogP contribution is 2.27. The Hall–Kier alpha value is -2.29. The van der Waals surface area contributed by atoms with Gasteiger partial charge in [-0.15, -0.1) is 24.0 Å². The van der Waals surface area contributed by atoms with Crippen molar-refractivity contribution in [3.05, 3.63) is 59.7 Å². The van der Waals surface area contributed by atoms with Crippen molar-refractivity contribution in [2.75, 3.05) is 27.2 Å². The van der Waals surface area contributed by atoms with Crippen molar-refractivity contribution < 1.29 is 9.53 Å². The van der Waals surface area contributed by atoms with E-state index in [1.54, 1.807) is 7.05 Å². The van der Waals surface area contributed by atoms with Crippen LogP contribution in [0.3, 0.4) is 0 Å². The summed E-state index contributed by atoms with van der Waals surface area (Å²) in [7, 11) is 3.51. The third kappa shape index (κ3) is 7.12. The maximum atomic E-state index is 11.6. The van der Waals surface area contributed by atoms with Gasteiger partial charge in [-0.2, -0.15) is 0 Å². The number of nitrogens with one attached hydrogen (secondary N) is 2.